The van der Waals surface area contributed by atoms with Gasteiger partial charge in [0.05, 0.1) is 19.4 Å². The minimum Gasteiger partial charge on any atom is -0.467 e. The van der Waals surface area contributed by atoms with Crippen LogP contribution in [0.5, 0.6) is 0 Å². The van der Waals surface area contributed by atoms with E-state index in [0.29, 0.717) is 38.2 Å². The average Bonchev–Trinajstić information content (AvgIpc) is 3.08. The Labute approximate surface area is 127 Å². The van der Waals surface area contributed by atoms with Gasteiger partial charge in [0.1, 0.15) is 11.3 Å². The molecule has 0 atom stereocenters. The number of hydrogen-bond acceptors (Lipinski definition) is 5. The highest BCUT2D eigenvalue weighted by Crippen LogP contribution is 2.25. The minimum atomic E-state index is -0.793. The highest BCUT2D eigenvalue weighted by Gasteiger charge is 2.47. The van der Waals surface area contributed by atoms with E-state index >= 15 is 0 Å². The molecule has 0 bridgehead atoms. The fourth-order valence-electron chi connectivity index (χ4n) is 2.83. The van der Waals surface area contributed by atoms with Crippen LogP contribution in [0.1, 0.15) is 18.6 Å². The molecule has 2 aliphatic heterocycles. The van der Waals surface area contributed by atoms with E-state index in [1.54, 1.807) is 18.4 Å². The summed E-state index contributed by atoms with van der Waals surface area (Å²) in [6.07, 6.45) is 2.58. The van der Waals surface area contributed by atoms with E-state index in [1.807, 2.05) is 4.90 Å². The van der Waals surface area contributed by atoms with Crippen molar-refractivity contribution in [3.05, 3.63) is 24.2 Å². The molecule has 3 rings (SSSR count). The summed E-state index contributed by atoms with van der Waals surface area (Å²) in [7, 11) is 0. The van der Waals surface area contributed by atoms with Crippen molar-refractivity contribution in [1.29, 1.82) is 0 Å². The lowest BCUT2D eigenvalue weighted by molar-refractivity contribution is -0.126. The number of rotatable bonds is 4. The predicted molar refractivity (Wildman–Crippen MR) is 75.6 cm³/mol. The summed E-state index contributed by atoms with van der Waals surface area (Å²) in [5, 5.41) is 7.75. The minimum absolute atomic E-state index is 0.0905. The maximum absolute atomic E-state index is 11.9. The van der Waals surface area contributed by atoms with E-state index in [2.05, 4.69) is 16.0 Å². The van der Waals surface area contributed by atoms with Crippen LogP contribution in [0, 0.1) is 0 Å². The van der Waals surface area contributed by atoms with Crippen LogP contribution in [0.15, 0.2) is 22.8 Å². The number of urea groups is 1. The highest BCUT2D eigenvalue weighted by atomic mass is 16.3. The molecule has 0 aromatic carbocycles. The molecule has 4 amide bonds. The number of furan rings is 1. The van der Waals surface area contributed by atoms with Gasteiger partial charge in [-0.2, -0.15) is 0 Å². The Morgan fingerprint density at radius 2 is 2.14 bits per heavy atom. The van der Waals surface area contributed by atoms with Crippen LogP contribution in [-0.2, 0) is 16.1 Å². The first-order chi connectivity index (χ1) is 10.6. The second-order valence-corrected chi connectivity index (χ2v) is 5.62. The Bertz CT molecular complexity index is 576. The van der Waals surface area contributed by atoms with Crippen LogP contribution in [0.2, 0.25) is 0 Å². The molecular formula is C14H18N4O4. The zero-order valence-corrected chi connectivity index (χ0v) is 12.1. The van der Waals surface area contributed by atoms with Crippen molar-refractivity contribution in [2.24, 2.45) is 0 Å². The Balaban J connectivity index is 1.45. The summed E-state index contributed by atoms with van der Waals surface area (Å²) in [6, 6.07) is 3.13. The van der Waals surface area contributed by atoms with Crippen LogP contribution >= 0.6 is 0 Å². The number of nitrogens with zero attached hydrogens (tertiary/aromatic N) is 1. The fourth-order valence-corrected chi connectivity index (χ4v) is 2.83. The van der Waals surface area contributed by atoms with Gasteiger partial charge in [-0.25, -0.2) is 4.79 Å². The largest absolute Gasteiger partial charge is 0.467 e. The number of nitrogens with one attached hydrogen (secondary N) is 3. The van der Waals surface area contributed by atoms with Crippen LogP contribution in [0.25, 0.3) is 0 Å². The monoisotopic (exact) mass is 306 g/mol. The highest BCUT2D eigenvalue weighted by molar-refractivity contribution is 6.07. The Hall–Kier alpha value is -2.35. The summed E-state index contributed by atoms with van der Waals surface area (Å²) in [4.78, 5) is 36.9. The zero-order valence-electron chi connectivity index (χ0n) is 12.1. The lowest BCUT2D eigenvalue weighted by atomic mass is 9.88. The Kier molecular flexibility index (Phi) is 3.84. The second kappa shape index (κ2) is 5.80. The van der Waals surface area contributed by atoms with Crippen LogP contribution in [0.4, 0.5) is 4.79 Å². The van der Waals surface area contributed by atoms with Gasteiger partial charge >= 0.3 is 6.03 Å². The number of amides is 4. The van der Waals surface area contributed by atoms with Gasteiger partial charge < -0.3 is 15.1 Å². The average molecular weight is 306 g/mol. The summed E-state index contributed by atoms with van der Waals surface area (Å²) in [6.45, 7) is 1.80. The van der Waals surface area contributed by atoms with Crippen LogP contribution < -0.4 is 16.0 Å². The summed E-state index contributed by atoms with van der Waals surface area (Å²) < 4.78 is 5.15. The van der Waals surface area contributed by atoms with Crippen molar-refractivity contribution in [2.75, 3.05) is 19.6 Å². The molecule has 3 heterocycles. The molecule has 0 aliphatic carbocycles. The molecule has 2 aliphatic rings. The van der Waals surface area contributed by atoms with Crippen molar-refractivity contribution < 1.29 is 18.8 Å². The molecule has 22 heavy (non-hydrogen) atoms. The molecule has 3 N–H and O–H groups in total. The van der Waals surface area contributed by atoms with Gasteiger partial charge in [-0.15, -0.1) is 0 Å². The molecular weight excluding hydrogens is 288 g/mol. The van der Waals surface area contributed by atoms with Gasteiger partial charge in [0.15, 0.2) is 0 Å². The van der Waals surface area contributed by atoms with E-state index in [1.165, 1.54) is 0 Å². The fraction of sp³-hybridized carbons (Fsp3) is 0.500. The maximum Gasteiger partial charge on any atom is 0.322 e. The van der Waals surface area contributed by atoms with Crippen LogP contribution in [0.3, 0.4) is 0 Å². The first-order valence-corrected chi connectivity index (χ1v) is 7.22. The van der Waals surface area contributed by atoms with Gasteiger partial charge in [0, 0.05) is 13.1 Å². The molecule has 1 aromatic rings. The first kappa shape index (κ1) is 14.6. The predicted octanol–water partition coefficient (Wildman–Crippen LogP) is -0.430. The number of carbonyl (C=O) groups is 3. The SMILES string of the molecule is O=C(CN1CCC2(CC1)NC(=O)NC2=O)NCc1ccco1. The van der Waals surface area contributed by atoms with Crippen molar-refractivity contribution in [3.8, 4) is 0 Å². The molecule has 2 fully saturated rings. The third kappa shape index (κ3) is 2.96. The standard InChI is InChI=1S/C14H18N4O4/c19-11(15-8-10-2-1-7-22-10)9-18-5-3-14(4-6-18)12(20)16-13(21)17-14/h1-2,7H,3-6,8-9H2,(H,15,19)(H2,16,17,20,21). The molecule has 8 heteroatoms. The molecule has 1 aromatic heterocycles. The molecule has 1 spiro atoms. The Morgan fingerprint density at radius 1 is 1.36 bits per heavy atom. The van der Waals surface area contributed by atoms with E-state index in [-0.39, 0.29) is 18.4 Å². The van der Waals surface area contributed by atoms with E-state index < -0.39 is 11.6 Å². The van der Waals surface area contributed by atoms with Gasteiger partial charge in [0.25, 0.3) is 5.91 Å². The summed E-state index contributed by atoms with van der Waals surface area (Å²) in [5.41, 5.74) is -0.793. The summed E-state index contributed by atoms with van der Waals surface area (Å²) >= 11 is 0. The first-order valence-electron chi connectivity index (χ1n) is 7.22. The number of piperidine rings is 1. The van der Waals surface area contributed by atoms with E-state index in [0.717, 1.165) is 0 Å². The van der Waals surface area contributed by atoms with Crippen molar-refractivity contribution in [2.45, 2.75) is 24.9 Å². The molecule has 118 valence electrons. The lowest BCUT2D eigenvalue weighted by Gasteiger charge is -2.36. The third-order valence-electron chi connectivity index (χ3n) is 4.13. The molecule has 2 saturated heterocycles. The quantitative estimate of drug-likeness (QED) is 0.655. The molecule has 0 radical (unpaired) electrons. The van der Waals surface area contributed by atoms with Gasteiger partial charge in [-0.1, -0.05) is 0 Å². The topological polar surface area (TPSA) is 104 Å². The van der Waals surface area contributed by atoms with E-state index in [4.69, 9.17) is 4.42 Å². The van der Waals surface area contributed by atoms with Gasteiger partial charge in [-0.05, 0) is 25.0 Å². The van der Waals surface area contributed by atoms with E-state index in [9.17, 15) is 14.4 Å². The summed E-state index contributed by atoms with van der Waals surface area (Å²) in [5.74, 6) is 0.350. The number of imide groups is 1. The number of hydrogen-bond donors (Lipinski definition) is 3. The Morgan fingerprint density at radius 3 is 2.73 bits per heavy atom. The number of likely N-dealkylation sites (tertiary alicyclic amines) is 1. The molecule has 0 unspecified atom stereocenters. The zero-order chi connectivity index (χ0) is 15.6. The lowest BCUT2D eigenvalue weighted by Crippen LogP contribution is -2.55. The van der Waals surface area contributed by atoms with Crippen LogP contribution in [-0.4, -0.2) is 47.9 Å². The number of carbonyl (C=O) groups excluding carboxylic acids is 3. The molecule has 8 nitrogen and oxygen atoms in total. The smallest absolute Gasteiger partial charge is 0.322 e. The molecule has 0 saturated carbocycles. The van der Waals surface area contributed by atoms with Crippen molar-refractivity contribution >= 4 is 17.8 Å². The van der Waals surface area contributed by atoms with Gasteiger partial charge in [0.2, 0.25) is 5.91 Å². The second-order valence-electron chi connectivity index (χ2n) is 5.62. The maximum atomic E-state index is 11.9. The third-order valence-corrected chi connectivity index (χ3v) is 4.13. The van der Waals surface area contributed by atoms with Crippen molar-refractivity contribution in [1.82, 2.24) is 20.9 Å². The normalized spacial score (nSPS) is 20.7. The van der Waals surface area contributed by atoms with Crippen molar-refractivity contribution in [3.63, 3.8) is 0 Å². The van der Waals surface area contributed by atoms with Gasteiger partial charge in [-0.3, -0.25) is 19.8 Å².